The van der Waals surface area contributed by atoms with Crippen LogP contribution in [0.1, 0.15) is 33.6 Å². The average Bonchev–Trinajstić information content (AvgIpc) is 2.35. The van der Waals surface area contributed by atoms with Crippen molar-refractivity contribution in [3.63, 3.8) is 0 Å². The second-order valence-corrected chi connectivity index (χ2v) is 6.56. The van der Waals surface area contributed by atoms with Crippen LogP contribution in [0.15, 0.2) is 0 Å². The summed E-state index contributed by atoms with van der Waals surface area (Å²) in [6.07, 6.45) is -2.77. The molecule has 1 aliphatic rings. The highest BCUT2D eigenvalue weighted by molar-refractivity contribution is 5.78. The number of carbonyl (C=O) groups excluding carboxylic acids is 2. The van der Waals surface area contributed by atoms with Gasteiger partial charge in [0.05, 0.1) is 6.54 Å². The van der Waals surface area contributed by atoms with Crippen molar-refractivity contribution >= 4 is 11.8 Å². The average molecular weight is 337 g/mol. The topological polar surface area (TPSA) is 52.7 Å². The van der Waals surface area contributed by atoms with Gasteiger partial charge in [0, 0.05) is 26.1 Å². The van der Waals surface area contributed by atoms with Crippen LogP contribution in [0.2, 0.25) is 0 Å². The molecule has 0 saturated carbocycles. The SMILES string of the molecule is CC(=O)NC1CCCN(CC(=O)N(CC(C)C)CC(F)(F)F)C1. The first kappa shape index (κ1) is 19.7. The van der Waals surface area contributed by atoms with Crippen molar-refractivity contribution in [2.45, 2.75) is 45.8 Å². The van der Waals surface area contributed by atoms with Gasteiger partial charge in [-0.2, -0.15) is 13.2 Å². The number of amides is 2. The lowest BCUT2D eigenvalue weighted by atomic mass is 10.1. The summed E-state index contributed by atoms with van der Waals surface area (Å²) in [4.78, 5) is 26.0. The number of nitrogens with one attached hydrogen (secondary N) is 1. The first-order valence-electron chi connectivity index (χ1n) is 7.91. The summed E-state index contributed by atoms with van der Waals surface area (Å²) in [5.74, 6) is -0.684. The van der Waals surface area contributed by atoms with Gasteiger partial charge < -0.3 is 10.2 Å². The lowest BCUT2D eigenvalue weighted by molar-refractivity contribution is -0.163. The molecule has 0 aromatic heterocycles. The van der Waals surface area contributed by atoms with E-state index in [0.29, 0.717) is 13.1 Å². The van der Waals surface area contributed by atoms with E-state index in [2.05, 4.69) is 5.32 Å². The molecule has 1 fully saturated rings. The van der Waals surface area contributed by atoms with Crippen LogP contribution < -0.4 is 5.32 Å². The normalized spacial score (nSPS) is 19.7. The molecule has 0 bridgehead atoms. The van der Waals surface area contributed by atoms with Gasteiger partial charge in [-0.15, -0.1) is 0 Å². The van der Waals surface area contributed by atoms with Crippen molar-refractivity contribution in [3.05, 3.63) is 0 Å². The Morgan fingerprint density at radius 2 is 2.00 bits per heavy atom. The van der Waals surface area contributed by atoms with Crippen molar-refractivity contribution < 1.29 is 22.8 Å². The zero-order valence-electron chi connectivity index (χ0n) is 13.9. The lowest BCUT2D eigenvalue weighted by Gasteiger charge is -2.34. The minimum absolute atomic E-state index is 0.0326. The van der Waals surface area contributed by atoms with Crippen molar-refractivity contribution in [1.29, 1.82) is 0 Å². The molecule has 0 aromatic rings. The fourth-order valence-electron chi connectivity index (χ4n) is 2.81. The smallest absolute Gasteiger partial charge is 0.352 e. The summed E-state index contributed by atoms with van der Waals surface area (Å²) >= 11 is 0. The molecule has 2 amide bonds. The van der Waals surface area contributed by atoms with Gasteiger partial charge in [-0.1, -0.05) is 13.8 Å². The third kappa shape index (κ3) is 8.20. The van der Waals surface area contributed by atoms with E-state index in [0.717, 1.165) is 17.7 Å². The summed E-state index contributed by atoms with van der Waals surface area (Å²) in [5.41, 5.74) is 0. The summed E-state index contributed by atoms with van der Waals surface area (Å²) in [5, 5.41) is 2.80. The van der Waals surface area contributed by atoms with Crippen LogP contribution in [0.25, 0.3) is 0 Å². The largest absolute Gasteiger partial charge is 0.406 e. The van der Waals surface area contributed by atoms with E-state index >= 15 is 0 Å². The second-order valence-electron chi connectivity index (χ2n) is 6.56. The number of nitrogens with zero attached hydrogens (tertiary/aromatic N) is 2. The Morgan fingerprint density at radius 1 is 1.35 bits per heavy atom. The number of likely N-dealkylation sites (tertiary alicyclic amines) is 1. The molecule has 1 unspecified atom stereocenters. The van der Waals surface area contributed by atoms with Crippen LogP contribution in [0, 0.1) is 5.92 Å². The predicted octanol–water partition coefficient (Wildman–Crippen LogP) is 1.63. The Hall–Kier alpha value is -1.31. The number of piperidine rings is 1. The molecule has 0 aliphatic carbocycles. The molecule has 0 radical (unpaired) electrons. The molecule has 0 spiro atoms. The second kappa shape index (κ2) is 8.52. The molecule has 0 aromatic carbocycles. The predicted molar refractivity (Wildman–Crippen MR) is 80.8 cm³/mol. The zero-order valence-corrected chi connectivity index (χ0v) is 13.9. The third-order valence-corrected chi connectivity index (χ3v) is 3.58. The highest BCUT2D eigenvalue weighted by Gasteiger charge is 2.34. The molecular weight excluding hydrogens is 311 g/mol. The van der Waals surface area contributed by atoms with Crippen LogP contribution in [0.3, 0.4) is 0 Å². The molecule has 1 atom stereocenters. The standard InChI is InChI=1S/C15H26F3N3O2/c1-11(2)7-21(10-15(16,17)18)14(23)9-20-6-4-5-13(8-20)19-12(3)22/h11,13H,4-10H2,1-3H3,(H,19,22). The Morgan fingerprint density at radius 3 is 2.52 bits per heavy atom. The molecule has 1 rings (SSSR count). The highest BCUT2D eigenvalue weighted by atomic mass is 19.4. The van der Waals surface area contributed by atoms with E-state index in [1.165, 1.54) is 6.92 Å². The maximum absolute atomic E-state index is 12.6. The minimum atomic E-state index is -4.40. The van der Waals surface area contributed by atoms with E-state index in [4.69, 9.17) is 0 Å². The number of alkyl halides is 3. The van der Waals surface area contributed by atoms with Gasteiger partial charge in [0.1, 0.15) is 6.54 Å². The van der Waals surface area contributed by atoms with E-state index in [-0.39, 0.29) is 31.0 Å². The Balaban J connectivity index is 2.60. The van der Waals surface area contributed by atoms with Crippen LogP contribution in [-0.4, -0.2) is 66.6 Å². The van der Waals surface area contributed by atoms with E-state index < -0.39 is 18.6 Å². The van der Waals surface area contributed by atoms with Crippen molar-refractivity contribution in [3.8, 4) is 0 Å². The maximum atomic E-state index is 12.6. The Kier molecular flexibility index (Phi) is 7.31. The fraction of sp³-hybridized carbons (Fsp3) is 0.867. The van der Waals surface area contributed by atoms with E-state index in [1.54, 1.807) is 13.8 Å². The fourth-order valence-corrected chi connectivity index (χ4v) is 2.81. The Bertz CT molecular complexity index is 413. The number of hydrogen-bond donors (Lipinski definition) is 1. The van der Waals surface area contributed by atoms with Gasteiger partial charge in [0.2, 0.25) is 11.8 Å². The maximum Gasteiger partial charge on any atom is 0.406 e. The molecule has 134 valence electrons. The molecule has 5 nitrogen and oxygen atoms in total. The summed E-state index contributed by atoms with van der Waals surface area (Å²) in [6.45, 7) is 4.97. The molecular formula is C15H26F3N3O2. The number of halogens is 3. The molecule has 23 heavy (non-hydrogen) atoms. The number of rotatable bonds is 6. The van der Waals surface area contributed by atoms with Gasteiger partial charge in [-0.05, 0) is 25.3 Å². The Labute approximate surface area is 135 Å². The van der Waals surface area contributed by atoms with Gasteiger partial charge in [0.25, 0.3) is 0 Å². The van der Waals surface area contributed by atoms with Crippen molar-refractivity contribution in [2.75, 3.05) is 32.7 Å². The molecule has 1 N–H and O–H groups in total. The first-order valence-corrected chi connectivity index (χ1v) is 7.91. The van der Waals surface area contributed by atoms with E-state index in [1.807, 2.05) is 4.90 Å². The molecule has 8 heteroatoms. The van der Waals surface area contributed by atoms with E-state index in [9.17, 15) is 22.8 Å². The minimum Gasteiger partial charge on any atom is -0.352 e. The number of hydrogen-bond acceptors (Lipinski definition) is 3. The lowest BCUT2D eigenvalue weighted by Crippen LogP contribution is -2.51. The van der Waals surface area contributed by atoms with Crippen LogP contribution in [0.4, 0.5) is 13.2 Å². The molecule has 1 saturated heterocycles. The van der Waals surface area contributed by atoms with Crippen LogP contribution >= 0.6 is 0 Å². The first-order chi connectivity index (χ1) is 10.6. The summed E-state index contributed by atoms with van der Waals surface area (Å²) < 4.78 is 37.9. The quantitative estimate of drug-likeness (QED) is 0.802. The van der Waals surface area contributed by atoms with Gasteiger partial charge in [0.15, 0.2) is 0 Å². The highest BCUT2D eigenvalue weighted by Crippen LogP contribution is 2.18. The zero-order chi connectivity index (χ0) is 17.6. The summed E-state index contributed by atoms with van der Waals surface area (Å²) in [6, 6.07) is -0.0461. The van der Waals surface area contributed by atoms with Gasteiger partial charge in [-0.25, -0.2) is 0 Å². The summed E-state index contributed by atoms with van der Waals surface area (Å²) in [7, 11) is 0. The van der Waals surface area contributed by atoms with Crippen molar-refractivity contribution in [2.24, 2.45) is 5.92 Å². The molecule has 1 aliphatic heterocycles. The van der Waals surface area contributed by atoms with Gasteiger partial charge >= 0.3 is 6.18 Å². The third-order valence-electron chi connectivity index (χ3n) is 3.58. The van der Waals surface area contributed by atoms with Crippen LogP contribution in [-0.2, 0) is 9.59 Å². The molecule has 1 heterocycles. The van der Waals surface area contributed by atoms with Crippen LogP contribution in [0.5, 0.6) is 0 Å². The van der Waals surface area contributed by atoms with Crippen molar-refractivity contribution in [1.82, 2.24) is 15.1 Å². The monoisotopic (exact) mass is 337 g/mol. The van der Waals surface area contributed by atoms with Gasteiger partial charge in [-0.3, -0.25) is 14.5 Å². The number of carbonyl (C=O) groups is 2.